The summed E-state index contributed by atoms with van der Waals surface area (Å²) < 4.78 is 17.5. The fraction of sp³-hybridized carbons (Fsp3) is 0.600. The van der Waals surface area contributed by atoms with E-state index in [2.05, 4.69) is 6.58 Å². The first-order valence-electron chi connectivity index (χ1n) is 7.65. The average Bonchev–Trinajstić information content (AvgIpc) is 3.06. The van der Waals surface area contributed by atoms with E-state index in [-0.39, 0.29) is 28.8 Å². The quantitative estimate of drug-likeness (QED) is 0.314. The molecule has 2 saturated heterocycles. The maximum Gasteiger partial charge on any atom is 0.357 e. The van der Waals surface area contributed by atoms with Crippen LogP contribution in [0.25, 0.3) is 0 Å². The van der Waals surface area contributed by atoms with Crippen molar-refractivity contribution >= 4 is 46.6 Å². The number of hydrogen-bond donors (Lipinski definition) is 1. The zero-order valence-electron chi connectivity index (χ0n) is 13.2. The first kappa shape index (κ1) is 18.2. The molecule has 0 bridgehead atoms. The van der Waals surface area contributed by atoms with Gasteiger partial charge in [-0.05, 0) is 6.92 Å². The molecular formula is C15H19NO5S3. The number of esters is 1. The van der Waals surface area contributed by atoms with Crippen LogP contribution in [0.1, 0.15) is 13.3 Å². The van der Waals surface area contributed by atoms with Gasteiger partial charge in [-0.25, -0.2) is 4.79 Å². The van der Waals surface area contributed by atoms with Crippen molar-refractivity contribution in [3.05, 3.63) is 22.6 Å². The van der Waals surface area contributed by atoms with Gasteiger partial charge in [-0.3, -0.25) is 9.69 Å². The van der Waals surface area contributed by atoms with E-state index in [4.69, 9.17) is 4.74 Å². The van der Waals surface area contributed by atoms with Crippen molar-refractivity contribution in [1.82, 2.24) is 4.90 Å². The lowest BCUT2D eigenvalue weighted by molar-refractivity contribution is -0.157. The summed E-state index contributed by atoms with van der Waals surface area (Å²) >= 11 is 2.11. The number of thioether (sulfide) groups is 2. The molecule has 3 aliphatic heterocycles. The number of aliphatic hydroxyl groups is 1. The molecule has 2 fully saturated rings. The van der Waals surface area contributed by atoms with Crippen LogP contribution in [0.15, 0.2) is 22.6 Å². The SMILES string of the molecule is C=CCOC(=O)C1=C(S[C@H]2CC[S@@+]([O-])C2)S[C@@H]2[C@@H]([C@@H](C)O)C(=O)N12. The van der Waals surface area contributed by atoms with Gasteiger partial charge in [0.2, 0.25) is 5.91 Å². The van der Waals surface area contributed by atoms with Crippen LogP contribution in [0.4, 0.5) is 0 Å². The summed E-state index contributed by atoms with van der Waals surface area (Å²) in [6.45, 7) is 5.18. The monoisotopic (exact) mass is 389 g/mol. The lowest BCUT2D eigenvalue weighted by atomic mass is 9.92. The van der Waals surface area contributed by atoms with Crippen molar-refractivity contribution in [2.45, 2.75) is 30.1 Å². The van der Waals surface area contributed by atoms with E-state index in [1.165, 1.54) is 34.5 Å². The van der Waals surface area contributed by atoms with Crippen molar-refractivity contribution in [2.24, 2.45) is 5.92 Å². The number of nitrogens with zero attached hydrogens (tertiary/aromatic N) is 1. The Morgan fingerprint density at radius 2 is 2.46 bits per heavy atom. The number of ether oxygens (including phenoxy) is 1. The summed E-state index contributed by atoms with van der Waals surface area (Å²) in [4.78, 5) is 26.2. The van der Waals surface area contributed by atoms with E-state index in [9.17, 15) is 19.2 Å². The molecule has 6 nitrogen and oxygen atoms in total. The van der Waals surface area contributed by atoms with Crippen LogP contribution < -0.4 is 0 Å². The zero-order valence-corrected chi connectivity index (χ0v) is 15.6. The fourth-order valence-corrected chi connectivity index (χ4v) is 8.16. The van der Waals surface area contributed by atoms with Crippen LogP contribution in [0.2, 0.25) is 0 Å². The Hall–Kier alpha value is -0.610. The van der Waals surface area contributed by atoms with Crippen molar-refractivity contribution in [1.29, 1.82) is 0 Å². The molecule has 0 saturated carbocycles. The molecule has 9 heteroatoms. The Labute approximate surface area is 152 Å². The van der Waals surface area contributed by atoms with E-state index >= 15 is 0 Å². The van der Waals surface area contributed by atoms with Crippen LogP contribution in [-0.2, 0) is 25.5 Å². The molecule has 0 aromatic carbocycles. The largest absolute Gasteiger partial charge is 0.616 e. The fourth-order valence-electron chi connectivity index (χ4n) is 2.91. The maximum absolute atomic E-state index is 12.4. The average molecular weight is 390 g/mol. The van der Waals surface area contributed by atoms with E-state index in [1.807, 2.05) is 0 Å². The Kier molecular flexibility index (Phi) is 5.55. The third-order valence-corrected chi connectivity index (χ3v) is 8.65. The minimum atomic E-state index is -0.806. The second-order valence-electron chi connectivity index (χ2n) is 5.85. The zero-order chi connectivity index (χ0) is 17.4. The van der Waals surface area contributed by atoms with E-state index in [0.717, 1.165) is 10.7 Å². The van der Waals surface area contributed by atoms with Crippen molar-refractivity contribution in [2.75, 3.05) is 18.1 Å². The highest BCUT2D eigenvalue weighted by molar-refractivity contribution is 8.23. The summed E-state index contributed by atoms with van der Waals surface area (Å²) in [6, 6.07) is 0. The van der Waals surface area contributed by atoms with Crippen molar-refractivity contribution in [3.63, 3.8) is 0 Å². The molecule has 0 aliphatic carbocycles. The maximum atomic E-state index is 12.4. The Morgan fingerprint density at radius 1 is 1.71 bits per heavy atom. The molecule has 5 atom stereocenters. The molecule has 132 valence electrons. The molecule has 0 radical (unpaired) electrons. The van der Waals surface area contributed by atoms with Gasteiger partial charge in [-0.2, -0.15) is 0 Å². The number of fused-ring (bicyclic) bond motifs is 1. The van der Waals surface area contributed by atoms with Gasteiger partial charge in [0.15, 0.2) is 5.70 Å². The minimum absolute atomic E-state index is 0.0743. The van der Waals surface area contributed by atoms with E-state index in [1.54, 1.807) is 6.92 Å². The number of amides is 1. The van der Waals surface area contributed by atoms with Crippen LogP contribution in [0.3, 0.4) is 0 Å². The highest BCUT2D eigenvalue weighted by atomic mass is 32.2. The normalized spacial score (nSPS) is 33.3. The Balaban J connectivity index is 1.81. The van der Waals surface area contributed by atoms with E-state index < -0.39 is 29.2 Å². The molecule has 0 aromatic heterocycles. The van der Waals surface area contributed by atoms with Gasteiger partial charge in [0.1, 0.15) is 23.5 Å². The highest BCUT2D eigenvalue weighted by Crippen LogP contribution is 2.55. The molecule has 3 rings (SSSR count). The summed E-state index contributed by atoms with van der Waals surface area (Å²) in [5.74, 6) is -0.0355. The van der Waals surface area contributed by atoms with Crippen LogP contribution in [0.5, 0.6) is 0 Å². The van der Waals surface area contributed by atoms with Crippen LogP contribution in [0, 0.1) is 5.92 Å². The first-order valence-corrected chi connectivity index (χ1v) is 10.9. The summed E-state index contributed by atoms with van der Waals surface area (Å²) in [5.41, 5.74) is 0.261. The van der Waals surface area contributed by atoms with Gasteiger partial charge in [-0.1, -0.05) is 35.6 Å². The lowest BCUT2D eigenvalue weighted by Crippen LogP contribution is -2.60. The third-order valence-electron chi connectivity index (χ3n) is 4.10. The van der Waals surface area contributed by atoms with Gasteiger partial charge >= 0.3 is 5.97 Å². The Morgan fingerprint density at radius 3 is 3.04 bits per heavy atom. The van der Waals surface area contributed by atoms with Gasteiger partial charge in [-0.15, -0.1) is 11.8 Å². The highest BCUT2D eigenvalue weighted by Gasteiger charge is 2.58. The number of rotatable bonds is 6. The number of carbonyl (C=O) groups is 2. The smallest absolute Gasteiger partial charge is 0.357 e. The van der Waals surface area contributed by atoms with Gasteiger partial charge in [0, 0.05) is 6.42 Å². The first-order chi connectivity index (χ1) is 11.4. The molecule has 1 amide bonds. The molecular weight excluding hydrogens is 370 g/mol. The standard InChI is InChI=1S/C15H19NO5S3/c1-3-5-21-14(19)11-15(22-9-4-6-24(20)7-9)23-13-10(8(2)17)12(18)16(11)13/h3,8-10,13,17H,1,4-7H2,2H3/t8-,9+,10+,13-,24-/m1/s1. The number of hydrogen-bond acceptors (Lipinski definition) is 7. The predicted molar refractivity (Wildman–Crippen MR) is 95.5 cm³/mol. The molecule has 0 unspecified atom stereocenters. The van der Waals surface area contributed by atoms with Crippen molar-refractivity contribution in [3.8, 4) is 0 Å². The predicted octanol–water partition coefficient (Wildman–Crippen LogP) is 1.05. The number of aliphatic hydroxyl groups excluding tert-OH is 1. The molecule has 1 N–H and O–H groups in total. The second-order valence-corrected chi connectivity index (χ2v) is 10.2. The molecule has 3 aliphatic rings. The van der Waals surface area contributed by atoms with Gasteiger partial charge in [0.25, 0.3) is 0 Å². The molecule has 0 spiro atoms. The lowest BCUT2D eigenvalue weighted by Gasteiger charge is -2.43. The van der Waals surface area contributed by atoms with Crippen LogP contribution in [-0.4, -0.2) is 61.3 Å². The minimum Gasteiger partial charge on any atom is -0.616 e. The summed E-state index contributed by atoms with van der Waals surface area (Å²) in [6.07, 6.45) is 1.54. The summed E-state index contributed by atoms with van der Waals surface area (Å²) in [7, 11) is 0. The third kappa shape index (κ3) is 3.24. The number of carbonyl (C=O) groups excluding carboxylic acids is 2. The van der Waals surface area contributed by atoms with Gasteiger partial charge in [0.05, 0.1) is 21.5 Å². The number of β-lactam (4-membered cyclic amide) rings is 1. The molecule has 3 heterocycles. The topological polar surface area (TPSA) is 89.9 Å². The van der Waals surface area contributed by atoms with E-state index in [0.29, 0.717) is 11.5 Å². The second kappa shape index (κ2) is 7.33. The Bertz CT molecular complexity index is 594. The molecule has 0 aromatic rings. The van der Waals surface area contributed by atoms with Crippen LogP contribution >= 0.6 is 23.5 Å². The summed E-state index contributed by atoms with van der Waals surface area (Å²) in [5, 5.41) is 9.72. The molecule has 24 heavy (non-hydrogen) atoms. The van der Waals surface area contributed by atoms with Gasteiger partial charge < -0.3 is 14.4 Å². The van der Waals surface area contributed by atoms with Crippen molar-refractivity contribution < 1.29 is 24.0 Å².